The number of carbonyl (C=O) groups excluding carboxylic acids is 1. The van der Waals surface area contributed by atoms with Crippen molar-refractivity contribution < 1.29 is 28.2 Å². The first kappa shape index (κ1) is 33.5. The number of aliphatic hydroxyl groups is 1. The van der Waals surface area contributed by atoms with E-state index in [4.69, 9.17) is 18.3 Å². The minimum atomic E-state index is -2.16. The van der Waals surface area contributed by atoms with Crippen LogP contribution in [0.1, 0.15) is 90.0 Å². The minimum Gasteiger partial charge on any atom is -0.455 e. The summed E-state index contributed by atoms with van der Waals surface area (Å²) in [5.74, 6) is -0.381. The molecule has 1 aliphatic heterocycles. The highest BCUT2D eigenvalue weighted by Crippen LogP contribution is 2.44. The van der Waals surface area contributed by atoms with Crippen LogP contribution in [-0.2, 0) is 23.1 Å². The van der Waals surface area contributed by atoms with Crippen LogP contribution < -0.4 is 0 Å². The molecule has 0 radical (unpaired) electrons. The Labute approximate surface area is 223 Å². The summed E-state index contributed by atoms with van der Waals surface area (Å²) in [7, 11) is -4.30. The maximum Gasteiger partial charge on any atom is 0.303 e. The van der Waals surface area contributed by atoms with E-state index < -0.39 is 41.1 Å². The Hall–Kier alpha value is -0.516. The fraction of sp³-hybridized carbons (Fsp3) is 0.893. The van der Waals surface area contributed by atoms with Gasteiger partial charge in [0, 0.05) is 6.92 Å². The molecule has 0 unspecified atom stereocenters. The molecule has 8 heteroatoms. The van der Waals surface area contributed by atoms with Crippen LogP contribution in [0.2, 0.25) is 33.2 Å². The average molecular weight is 545 g/mol. The van der Waals surface area contributed by atoms with E-state index in [2.05, 4.69) is 83.1 Å². The van der Waals surface area contributed by atoms with Crippen molar-refractivity contribution in [2.75, 3.05) is 13.2 Å². The molecule has 1 rings (SSSR count). The first-order chi connectivity index (χ1) is 16.5. The van der Waals surface area contributed by atoms with Crippen molar-refractivity contribution in [3.8, 4) is 0 Å². The van der Waals surface area contributed by atoms with Crippen LogP contribution in [0.25, 0.3) is 0 Å². The van der Waals surface area contributed by atoms with E-state index in [1.807, 2.05) is 0 Å². The number of ether oxygens (including phenoxy) is 2. The Morgan fingerprint density at radius 2 is 1.08 bits per heavy atom. The normalized spacial score (nSPS) is 24.0. The molecule has 0 saturated heterocycles. The van der Waals surface area contributed by atoms with Gasteiger partial charge in [-0.1, -0.05) is 89.2 Å². The summed E-state index contributed by atoms with van der Waals surface area (Å²) in [6.45, 7) is 29.0. The molecule has 0 aliphatic carbocycles. The standard InChI is InChI=1S/C28H56O6Si2/c1-18(2)35(19(3)4,20(5)6)31-16-27-25(30)14-15-26(33-24(13)29)28(34-27)17-32-36(21(7)8,22(9)10)23(11)12/h14-15,18-23,25-28,30H,16-17H2,1-13H3/t25-,26+,27+,28-/m1/s1. The van der Waals surface area contributed by atoms with Crippen LogP contribution in [0.15, 0.2) is 12.2 Å². The summed E-state index contributed by atoms with van der Waals surface area (Å²) >= 11 is 0. The van der Waals surface area contributed by atoms with Crippen LogP contribution in [0.4, 0.5) is 0 Å². The zero-order valence-electron chi connectivity index (χ0n) is 25.3. The van der Waals surface area contributed by atoms with Crippen LogP contribution in [0.3, 0.4) is 0 Å². The Balaban J connectivity index is 3.26. The average Bonchev–Trinajstić information content (AvgIpc) is 2.86. The number of esters is 1. The molecule has 0 aromatic carbocycles. The smallest absolute Gasteiger partial charge is 0.303 e. The third kappa shape index (κ3) is 7.53. The van der Waals surface area contributed by atoms with Crippen molar-refractivity contribution >= 4 is 22.6 Å². The van der Waals surface area contributed by atoms with E-state index in [1.165, 1.54) is 6.92 Å². The van der Waals surface area contributed by atoms with Gasteiger partial charge >= 0.3 is 5.97 Å². The van der Waals surface area contributed by atoms with E-state index in [-0.39, 0.29) is 5.97 Å². The molecule has 0 aromatic rings. The van der Waals surface area contributed by atoms with E-state index in [9.17, 15) is 9.90 Å². The van der Waals surface area contributed by atoms with Gasteiger partial charge in [0.25, 0.3) is 0 Å². The molecule has 0 bridgehead atoms. The lowest BCUT2D eigenvalue weighted by atomic mass is 10.2. The molecule has 1 heterocycles. The molecule has 0 fully saturated rings. The van der Waals surface area contributed by atoms with Gasteiger partial charge in [0.05, 0.1) is 13.2 Å². The number of rotatable bonds is 13. The lowest BCUT2D eigenvalue weighted by Crippen LogP contribution is -2.52. The summed E-state index contributed by atoms with van der Waals surface area (Å²) in [6.07, 6.45) is 0.875. The molecule has 0 saturated carbocycles. The van der Waals surface area contributed by atoms with Crippen molar-refractivity contribution in [3.63, 3.8) is 0 Å². The predicted molar refractivity (Wildman–Crippen MR) is 153 cm³/mol. The van der Waals surface area contributed by atoms with Gasteiger partial charge < -0.3 is 23.4 Å². The highest BCUT2D eigenvalue weighted by atomic mass is 28.4. The first-order valence-electron chi connectivity index (χ1n) is 14.0. The van der Waals surface area contributed by atoms with Crippen LogP contribution in [-0.4, -0.2) is 65.3 Å². The van der Waals surface area contributed by atoms with Gasteiger partial charge in [-0.15, -0.1) is 0 Å². The predicted octanol–water partition coefficient (Wildman–Crippen LogP) is 6.99. The van der Waals surface area contributed by atoms with Gasteiger partial charge in [0.15, 0.2) is 16.6 Å². The van der Waals surface area contributed by atoms with Gasteiger partial charge in [0.1, 0.15) is 24.4 Å². The number of aliphatic hydroxyl groups excluding tert-OH is 1. The lowest BCUT2D eigenvalue weighted by Gasteiger charge is -2.44. The van der Waals surface area contributed by atoms with Gasteiger partial charge in [-0.3, -0.25) is 4.79 Å². The molecule has 0 amide bonds. The summed E-state index contributed by atoms with van der Waals surface area (Å²) in [4.78, 5) is 11.9. The number of carbonyl (C=O) groups is 1. The minimum absolute atomic E-state index is 0.302. The SMILES string of the molecule is CC(=O)O[C@H]1C=C[C@@H](O)[C@H](CO[Si](C(C)C)(C(C)C)C(C)C)O[C@@H]1CO[Si](C(C)C)(C(C)C)C(C)C. The summed E-state index contributed by atoms with van der Waals surface area (Å²) < 4.78 is 25.8. The summed E-state index contributed by atoms with van der Waals surface area (Å²) in [5.41, 5.74) is 2.55. The van der Waals surface area contributed by atoms with Crippen molar-refractivity contribution in [1.82, 2.24) is 0 Å². The molecule has 36 heavy (non-hydrogen) atoms. The van der Waals surface area contributed by atoms with Crippen molar-refractivity contribution in [3.05, 3.63) is 12.2 Å². The Morgan fingerprint density at radius 1 is 0.722 bits per heavy atom. The zero-order chi connectivity index (χ0) is 28.0. The second kappa shape index (κ2) is 14.0. The molecular weight excluding hydrogens is 488 g/mol. The highest BCUT2D eigenvalue weighted by Gasteiger charge is 2.48. The van der Waals surface area contributed by atoms with E-state index in [1.54, 1.807) is 12.2 Å². The molecule has 4 atom stereocenters. The fourth-order valence-electron chi connectivity index (χ4n) is 6.89. The number of hydrogen-bond acceptors (Lipinski definition) is 6. The summed E-state index contributed by atoms with van der Waals surface area (Å²) in [5, 5.41) is 11.0. The van der Waals surface area contributed by atoms with E-state index >= 15 is 0 Å². The third-order valence-electron chi connectivity index (χ3n) is 8.31. The van der Waals surface area contributed by atoms with Gasteiger partial charge in [0.2, 0.25) is 0 Å². The van der Waals surface area contributed by atoms with E-state index in [0.29, 0.717) is 46.5 Å². The Morgan fingerprint density at radius 3 is 1.42 bits per heavy atom. The Bertz CT molecular complexity index is 661. The largest absolute Gasteiger partial charge is 0.455 e. The first-order valence-corrected chi connectivity index (χ1v) is 18.3. The molecule has 0 spiro atoms. The maximum absolute atomic E-state index is 11.9. The quantitative estimate of drug-likeness (QED) is 0.153. The molecule has 212 valence electrons. The third-order valence-corrected chi connectivity index (χ3v) is 20.5. The fourth-order valence-corrected chi connectivity index (χ4v) is 17.8. The zero-order valence-corrected chi connectivity index (χ0v) is 27.3. The summed E-state index contributed by atoms with van der Waals surface area (Å²) in [6, 6.07) is 0. The number of hydrogen-bond donors (Lipinski definition) is 1. The molecule has 1 aliphatic rings. The van der Waals surface area contributed by atoms with Gasteiger partial charge in [-0.2, -0.15) is 0 Å². The molecule has 1 N–H and O–H groups in total. The molecule has 0 aromatic heterocycles. The molecule has 6 nitrogen and oxygen atoms in total. The maximum atomic E-state index is 11.9. The van der Waals surface area contributed by atoms with E-state index in [0.717, 1.165) is 0 Å². The van der Waals surface area contributed by atoms with Crippen LogP contribution in [0, 0.1) is 0 Å². The van der Waals surface area contributed by atoms with Crippen molar-refractivity contribution in [2.24, 2.45) is 0 Å². The topological polar surface area (TPSA) is 74.2 Å². The second-order valence-electron chi connectivity index (χ2n) is 12.4. The second-order valence-corrected chi connectivity index (χ2v) is 23.3. The molecular formula is C28H56O6Si2. The monoisotopic (exact) mass is 544 g/mol. The van der Waals surface area contributed by atoms with Gasteiger partial charge in [-0.25, -0.2) is 0 Å². The van der Waals surface area contributed by atoms with Crippen molar-refractivity contribution in [2.45, 2.75) is 148 Å². The van der Waals surface area contributed by atoms with Crippen LogP contribution in [0.5, 0.6) is 0 Å². The van der Waals surface area contributed by atoms with Crippen LogP contribution >= 0.6 is 0 Å². The van der Waals surface area contributed by atoms with Crippen molar-refractivity contribution in [1.29, 1.82) is 0 Å². The highest BCUT2D eigenvalue weighted by molar-refractivity contribution is 6.78. The lowest BCUT2D eigenvalue weighted by molar-refractivity contribution is -0.160. The van der Waals surface area contributed by atoms with Gasteiger partial charge in [-0.05, 0) is 39.3 Å². The Kier molecular flexibility index (Phi) is 13.1.